The van der Waals surface area contributed by atoms with Gasteiger partial charge in [-0.2, -0.15) is 0 Å². The summed E-state index contributed by atoms with van der Waals surface area (Å²) >= 11 is 0. The highest BCUT2D eigenvalue weighted by atomic mass is 14.0. The predicted octanol–water partition coefficient (Wildman–Crippen LogP) is 6.73. The third-order valence-electron chi connectivity index (χ3n) is 2.96. The van der Waals surface area contributed by atoms with Crippen molar-refractivity contribution in [3.63, 3.8) is 0 Å². The first-order valence-electron chi connectivity index (χ1n) is 7.91. The molecular weight excluding hydrogens is 192 g/mol. The fourth-order valence-corrected chi connectivity index (χ4v) is 1.91. The Labute approximate surface area is 105 Å². The van der Waals surface area contributed by atoms with Crippen molar-refractivity contribution in [3.05, 3.63) is 0 Å². The third-order valence-corrected chi connectivity index (χ3v) is 2.96. The largest absolute Gasteiger partial charge is 0.0683 e. The maximum atomic E-state index is 2.26. The van der Waals surface area contributed by atoms with Crippen molar-refractivity contribution in [2.24, 2.45) is 0 Å². The highest BCUT2D eigenvalue weighted by Crippen LogP contribution is 2.15. The van der Waals surface area contributed by atoms with Crippen LogP contribution in [0.2, 0.25) is 0 Å². The average Bonchev–Trinajstić information content (AvgIpc) is 2.40. The van der Waals surface area contributed by atoms with Gasteiger partial charge in [0.15, 0.2) is 0 Å². The Kier molecular flexibility index (Phi) is 23.4. The number of hydrogen-bond acceptors (Lipinski definition) is 0. The molecule has 0 bridgehead atoms. The number of unbranched alkanes of at least 4 members (excludes halogenated alkanes) is 5. The third kappa shape index (κ3) is 19.6. The van der Waals surface area contributed by atoms with Gasteiger partial charge in [0.25, 0.3) is 0 Å². The highest BCUT2D eigenvalue weighted by Gasteiger charge is 1.95. The van der Waals surface area contributed by atoms with Crippen molar-refractivity contribution in [1.29, 1.82) is 0 Å². The Bertz CT molecular complexity index is 64.5. The normalized spacial score (nSPS) is 14.2. The van der Waals surface area contributed by atoms with Crippen LogP contribution in [0.4, 0.5) is 0 Å². The fraction of sp³-hybridized carbons (Fsp3) is 1.00. The second-order valence-electron chi connectivity index (χ2n) is 4.54. The van der Waals surface area contributed by atoms with E-state index in [0.717, 1.165) is 0 Å². The molecule has 0 nitrogen and oxygen atoms in total. The van der Waals surface area contributed by atoms with Crippen molar-refractivity contribution < 1.29 is 0 Å². The summed E-state index contributed by atoms with van der Waals surface area (Å²) in [5.41, 5.74) is 0. The first-order chi connectivity index (χ1) is 7.91. The quantitative estimate of drug-likeness (QED) is 0.457. The van der Waals surface area contributed by atoms with E-state index in [2.05, 4.69) is 13.8 Å². The number of rotatable bonds is 5. The lowest BCUT2D eigenvalue weighted by atomic mass is 10.0. The summed E-state index contributed by atoms with van der Waals surface area (Å²) in [6.07, 6.45) is 17.5. The first-order valence-corrected chi connectivity index (χ1v) is 7.91. The van der Waals surface area contributed by atoms with Gasteiger partial charge in [0.05, 0.1) is 0 Å². The first kappa shape index (κ1) is 18.4. The van der Waals surface area contributed by atoms with Gasteiger partial charge in [-0.1, -0.05) is 105 Å². The van der Waals surface area contributed by atoms with E-state index >= 15 is 0 Å². The van der Waals surface area contributed by atoms with E-state index in [9.17, 15) is 0 Å². The molecule has 1 aliphatic rings. The van der Waals surface area contributed by atoms with E-state index in [1.807, 2.05) is 13.8 Å². The molecule has 0 N–H and O–H groups in total. The van der Waals surface area contributed by atoms with Crippen molar-refractivity contribution in [1.82, 2.24) is 0 Å². The molecule has 0 spiro atoms. The highest BCUT2D eigenvalue weighted by molar-refractivity contribution is 4.51. The lowest BCUT2D eigenvalue weighted by Gasteiger charge is -2.05. The zero-order valence-electron chi connectivity index (χ0n) is 12.5. The van der Waals surface area contributed by atoms with Gasteiger partial charge in [0.1, 0.15) is 0 Å². The van der Waals surface area contributed by atoms with Crippen molar-refractivity contribution >= 4 is 0 Å². The molecule has 0 aromatic carbocycles. The maximum Gasteiger partial charge on any atom is -0.0533 e. The Balaban J connectivity index is 0. The molecule has 0 heterocycles. The average molecular weight is 228 g/mol. The van der Waals surface area contributed by atoms with Crippen LogP contribution in [0.5, 0.6) is 0 Å². The Morgan fingerprint density at radius 1 is 0.500 bits per heavy atom. The van der Waals surface area contributed by atoms with E-state index in [-0.39, 0.29) is 0 Å². The van der Waals surface area contributed by atoms with Crippen molar-refractivity contribution in [2.45, 2.75) is 105 Å². The number of hydrogen-bond donors (Lipinski definition) is 0. The molecule has 1 aliphatic carbocycles. The minimum Gasteiger partial charge on any atom is -0.0683 e. The van der Waals surface area contributed by atoms with Crippen LogP contribution in [-0.2, 0) is 0 Å². The fourth-order valence-electron chi connectivity index (χ4n) is 1.91. The standard InChI is InChI=1S/C8H18.C6H12.C2H6/c1-3-5-7-8-6-4-2;1-2-4-6-5-3-1;1-2/h3-8H2,1-2H3;1-6H2;1-2H3. The smallest absolute Gasteiger partial charge is 0.0533 e. The van der Waals surface area contributed by atoms with Crippen LogP contribution >= 0.6 is 0 Å². The molecule has 1 saturated carbocycles. The summed E-state index contributed by atoms with van der Waals surface area (Å²) in [4.78, 5) is 0. The zero-order valence-corrected chi connectivity index (χ0v) is 12.5. The van der Waals surface area contributed by atoms with E-state index in [1.54, 1.807) is 0 Å². The van der Waals surface area contributed by atoms with E-state index in [0.29, 0.717) is 0 Å². The Morgan fingerprint density at radius 2 is 0.750 bits per heavy atom. The van der Waals surface area contributed by atoms with Gasteiger partial charge in [-0.3, -0.25) is 0 Å². The van der Waals surface area contributed by atoms with Crippen LogP contribution in [0.15, 0.2) is 0 Å². The van der Waals surface area contributed by atoms with Gasteiger partial charge < -0.3 is 0 Å². The van der Waals surface area contributed by atoms with Gasteiger partial charge in [0, 0.05) is 0 Å². The van der Waals surface area contributed by atoms with Crippen LogP contribution in [0.25, 0.3) is 0 Å². The molecule has 100 valence electrons. The lowest BCUT2D eigenvalue weighted by molar-refractivity contribution is 0.504. The second-order valence-corrected chi connectivity index (χ2v) is 4.54. The van der Waals surface area contributed by atoms with Gasteiger partial charge >= 0.3 is 0 Å². The zero-order chi connectivity index (χ0) is 12.5. The molecule has 0 atom stereocenters. The molecular formula is C16H36. The topological polar surface area (TPSA) is 0 Å². The Hall–Kier alpha value is 0. The second kappa shape index (κ2) is 20.4. The molecule has 0 amide bonds. The molecule has 0 aromatic rings. The van der Waals surface area contributed by atoms with E-state index in [4.69, 9.17) is 0 Å². The van der Waals surface area contributed by atoms with Crippen LogP contribution in [-0.4, -0.2) is 0 Å². The van der Waals surface area contributed by atoms with Crippen molar-refractivity contribution in [2.75, 3.05) is 0 Å². The molecule has 16 heavy (non-hydrogen) atoms. The maximum absolute atomic E-state index is 2.26. The summed E-state index contributed by atoms with van der Waals surface area (Å²) in [6.45, 7) is 8.51. The molecule has 0 aliphatic heterocycles. The van der Waals surface area contributed by atoms with Gasteiger partial charge in [0.2, 0.25) is 0 Å². The summed E-state index contributed by atoms with van der Waals surface area (Å²) in [5.74, 6) is 0. The van der Waals surface area contributed by atoms with Gasteiger partial charge in [-0.25, -0.2) is 0 Å². The van der Waals surface area contributed by atoms with E-state index < -0.39 is 0 Å². The minimum absolute atomic E-state index is 1.36. The summed E-state index contributed by atoms with van der Waals surface area (Å²) < 4.78 is 0. The molecule has 1 fully saturated rings. The molecule has 0 radical (unpaired) electrons. The molecule has 0 aromatic heterocycles. The van der Waals surface area contributed by atoms with Crippen LogP contribution < -0.4 is 0 Å². The lowest BCUT2D eigenvalue weighted by Crippen LogP contribution is -1.85. The predicted molar refractivity (Wildman–Crippen MR) is 78.1 cm³/mol. The minimum atomic E-state index is 1.36. The molecule has 0 saturated heterocycles. The summed E-state index contributed by atoms with van der Waals surface area (Å²) in [6, 6.07) is 0. The van der Waals surface area contributed by atoms with Crippen molar-refractivity contribution in [3.8, 4) is 0 Å². The monoisotopic (exact) mass is 228 g/mol. The molecule has 0 unspecified atom stereocenters. The van der Waals surface area contributed by atoms with Crippen LogP contribution in [0.3, 0.4) is 0 Å². The van der Waals surface area contributed by atoms with E-state index in [1.165, 1.54) is 77.0 Å². The SMILES string of the molecule is C1CCCCC1.CC.CCCCCCCC. The van der Waals surface area contributed by atoms with Crippen LogP contribution in [0.1, 0.15) is 105 Å². The Morgan fingerprint density at radius 3 is 0.938 bits per heavy atom. The summed E-state index contributed by atoms with van der Waals surface area (Å²) in [7, 11) is 0. The summed E-state index contributed by atoms with van der Waals surface area (Å²) in [5, 5.41) is 0. The van der Waals surface area contributed by atoms with Crippen LogP contribution in [0, 0.1) is 0 Å². The van der Waals surface area contributed by atoms with Gasteiger partial charge in [-0.15, -0.1) is 0 Å². The van der Waals surface area contributed by atoms with Gasteiger partial charge in [-0.05, 0) is 0 Å². The molecule has 0 heteroatoms. The molecule has 1 rings (SSSR count).